The van der Waals surface area contributed by atoms with Crippen molar-refractivity contribution in [1.29, 1.82) is 0 Å². The van der Waals surface area contributed by atoms with Gasteiger partial charge in [0.25, 0.3) is 0 Å². The van der Waals surface area contributed by atoms with Crippen molar-refractivity contribution < 1.29 is 17.9 Å². The summed E-state index contributed by atoms with van der Waals surface area (Å²) < 4.78 is 35.5. The van der Waals surface area contributed by atoms with Gasteiger partial charge in [0.05, 0.1) is 18.1 Å². The molecule has 0 aliphatic carbocycles. The maximum atomic E-state index is 11.8. The van der Waals surface area contributed by atoms with E-state index in [4.69, 9.17) is 14.6 Å². The SMILES string of the molecule is CCCCCCCCCCCCOc1ccc(S(N)(=O)=O)cc1OCCCCCCCCCCCC. The Balaban J connectivity index is 2.29. The van der Waals surface area contributed by atoms with Gasteiger partial charge in [-0.1, -0.05) is 129 Å². The smallest absolute Gasteiger partial charge is 0.238 e. The van der Waals surface area contributed by atoms with Crippen molar-refractivity contribution in [2.24, 2.45) is 5.14 Å². The van der Waals surface area contributed by atoms with Gasteiger partial charge < -0.3 is 9.47 Å². The largest absolute Gasteiger partial charge is 0.490 e. The number of primary sulfonamides is 1. The Morgan fingerprint density at radius 3 is 1.31 bits per heavy atom. The molecule has 2 N–H and O–H groups in total. The van der Waals surface area contributed by atoms with Gasteiger partial charge in [-0.25, -0.2) is 13.6 Å². The second-order valence-corrected chi connectivity index (χ2v) is 11.8. The summed E-state index contributed by atoms with van der Waals surface area (Å²) in [6.07, 6.45) is 25.4. The van der Waals surface area contributed by atoms with Crippen LogP contribution in [-0.2, 0) is 10.0 Å². The molecule has 0 unspecified atom stereocenters. The minimum atomic E-state index is -3.78. The highest BCUT2D eigenvalue weighted by atomic mass is 32.2. The van der Waals surface area contributed by atoms with Gasteiger partial charge in [0.2, 0.25) is 10.0 Å². The third-order valence-corrected chi connectivity index (χ3v) is 7.67. The molecule has 1 rings (SSSR count). The standard InChI is InChI=1S/C30H55NO4S/c1-3-5-7-9-11-13-15-17-19-21-25-34-29-24-23-28(36(31,32)33)27-30(29)35-26-22-20-18-16-14-12-10-8-6-4-2/h23-24,27H,3-22,25-26H2,1-2H3,(H2,31,32,33). The van der Waals surface area contributed by atoms with Gasteiger partial charge in [-0.15, -0.1) is 0 Å². The Hall–Kier alpha value is -1.27. The maximum absolute atomic E-state index is 11.8. The molecule has 0 bridgehead atoms. The Morgan fingerprint density at radius 2 is 0.917 bits per heavy atom. The van der Waals surface area contributed by atoms with Crippen LogP contribution in [0.15, 0.2) is 23.1 Å². The van der Waals surface area contributed by atoms with Crippen LogP contribution in [0.5, 0.6) is 11.5 Å². The molecule has 1 aromatic carbocycles. The zero-order chi connectivity index (χ0) is 26.3. The number of ether oxygens (including phenoxy) is 2. The summed E-state index contributed by atoms with van der Waals surface area (Å²) in [4.78, 5) is 0.0619. The number of benzene rings is 1. The van der Waals surface area contributed by atoms with Gasteiger partial charge in [0, 0.05) is 6.07 Å². The van der Waals surface area contributed by atoms with Gasteiger partial charge in [-0.2, -0.15) is 0 Å². The first-order valence-electron chi connectivity index (χ1n) is 14.9. The fourth-order valence-corrected chi connectivity index (χ4v) is 4.97. The molecule has 0 atom stereocenters. The zero-order valence-electron chi connectivity index (χ0n) is 23.4. The van der Waals surface area contributed by atoms with Crippen LogP contribution < -0.4 is 14.6 Å². The number of sulfonamides is 1. The quantitative estimate of drug-likeness (QED) is 0.129. The van der Waals surface area contributed by atoms with Gasteiger partial charge in [-0.05, 0) is 25.0 Å². The maximum Gasteiger partial charge on any atom is 0.238 e. The van der Waals surface area contributed by atoms with E-state index in [0.717, 1.165) is 25.7 Å². The molecule has 0 fully saturated rings. The lowest BCUT2D eigenvalue weighted by Crippen LogP contribution is -2.12. The van der Waals surface area contributed by atoms with Crippen molar-refractivity contribution >= 4 is 10.0 Å². The predicted molar refractivity (Wildman–Crippen MR) is 152 cm³/mol. The Morgan fingerprint density at radius 1 is 0.556 bits per heavy atom. The van der Waals surface area contributed by atoms with Gasteiger partial charge in [-0.3, -0.25) is 0 Å². The summed E-state index contributed by atoms with van der Waals surface area (Å²) in [7, 11) is -3.78. The monoisotopic (exact) mass is 525 g/mol. The van der Waals surface area contributed by atoms with Crippen molar-refractivity contribution in [3.8, 4) is 11.5 Å². The van der Waals surface area contributed by atoms with Crippen LogP contribution >= 0.6 is 0 Å². The fraction of sp³-hybridized carbons (Fsp3) is 0.800. The Labute approximate surface area is 223 Å². The first-order chi connectivity index (χ1) is 17.5. The van der Waals surface area contributed by atoms with Crippen molar-refractivity contribution in [3.63, 3.8) is 0 Å². The van der Waals surface area contributed by atoms with E-state index in [2.05, 4.69) is 13.8 Å². The summed E-state index contributed by atoms with van der Waals surface area (Å²) in [5, 5.41) is 5.33. The summed E-state index contributed by atoms with van der Waals surface area (Å²) in [6, 6.07) is 4.67. The van der Waals surface area contributed by atoms with Crippen LogP contribution in [0.3, 0.4) is 0 Å². The van der Waals surface area contributed by atoms with Crippen LogP contribution in [0.4, 0.5) is 0 Å². The van der Waals surface area contributed by atoms with Crippen molar-refractivity contribution in [2.45, 2.75) is 147 Å². The molecule has 0 aromatic heterocycles. The number of hydrogen-bond acceptors (Lipinski definition) is 4. The average Bonchev–Trinajstić information content (AvgIpc) is 2.85. The Bertz CT molecular complexity index is 751. The minimum Gasteiger partial charge on any atom is -0.490 e. The lowest BCUT2D eigenvalue weighted by atomic mass is 10.1. The first-order valence-corrected chi connectivity index (χ1v) is 16.5. The number of hydrogen-bond donors (Lipinski definition) is 1. The molecule has 0 amide bonds. The van der Waals surface area contributed by atoms with Gasteiger partial charge >= 0.3 is 0 Å². The molecule has 0 aliphatic heterocycles. The third-order valence-electron chi connectivity index (χ3n) is 6.75. The highest BCUT2D eigenvalue weighted by molar-refractivity contribution is 7.89. The van der Waals surface area contributed by atoms with Gasteiger partial charge in [0.1, 0.15) is 0 Å². The van der Waals surface area contributed by atoms with Crippen LogP contribution in [0, 0.1) is 0 Å². The van der Waals surface area contributed by atoms with Crippen molar-refractivity contribution in [3.05, 3.63) is 18.2 Å². The second-order valence-electron chi connectivity index (χ2n) is 10.2. The zero-order valence-corrected chi connectivity index (χ0v) is 24.2. The van der Waals surface area contributed by atoms with E-state index in [1.165, 1.54) is 115 Å². The van der Waals surface area contributed by atoms with Crippen molar-refractivity contribution in [1.82, 2.24) is 0 Å². The third kappa shape index (κ3) is 17.2. The lowest BCUT2D eigenvalue weighted by molar-refractivity contribution is 0.257. The molecule has 0 saturated heterocycles. The van der Waals surface area contributed by atoms with E-state index in [1.807, 2.05) is 0 Å². The summed E-state index contributed by atoms with van der Waals surface area (Å²) in [5.74, 6) is 1.08. The molecule has 1 aromatic rings. The lowest BCUT2D eigenvalue weighted by Gasteiger charge is -2.14. The average molecular weight is 526 g/mol. The van der Waals surface area contributed by atoms with Crippen LogP contribution in [0.1, 0.15) is 142 Å². The summed E-state index contributed by atoms with van der Waals surface area (Å²) in [6.45, 7) is 5.67. The second kappa shape index (κ2) is 21.8. The molecule has 0 heterocycles. The summed E-state index contributed by atoms with van der Waals surface area (Å²) in [5.41, 5.74) is 0. The van der Waals surface area contributed by atoms with Crippen LogP contribution in [-0.4, -0.2) is 21.6 Å². The number of unbranched alkanes of at least 4 members (excludes halogenated alkanes) is 18. The molecule has 0 aliphatic rings. The molecular formula is C30H55NO4S. The van der Waals surface area contributed by atoms with E-state index in [-0.39, 0.29) is 4.90 Å². The molecule has 5 nitrogen and oxygen atoms in total. The molecular weight excluding hydrogens is 470 g/mol. The van der Waals surface area contributed by atoms with Crippen molar-refractivity contribution in [2.75, 3.05) is 13.2 Å². The molecule has 6 heteroatoms. The molecule has 210 valence electrons. The topological polar surface area (TPSA) is 78.6 Å². The first kappa shape index (κ1) is 32.8. The predicted octanol–water partition coefficient (Wildman–Crippen LogP) is 8.93. The number of rotatable bonds is 25. The molecule has 36 heavy (non-hydrogen) atoms. The van der Waals surface area contributed by atoms with E-state index in [1.54, 1.807) is 6.07 Å². The highest BCUT2D eigenvalue weighted by Gasteiger charge is 2.13. The minimum absolute atomic E-state index is 0.0619. The van der Waals surface area contributed by atoms with E-state index < -0.39 is 10.0 Å². The Kier molecular flexibility index (Phi) is 19.8. The summed E-state index contributed by atoms with van der Waals surface area (Å²) >= 11 is 0. The molecule has 0 spiro atoms. The molecule has 0 saturated carbocycles. The van der Waals surface area contributed by atoms with E-state index >= 15 is 0 Å². The van der Waals surface area contributed by atoms with E-state index in [0.29, 0.717) is 24.7 Å². The normalized spacial score (nSPS) is 11.6. The van der Waals surface area contributed by atoms with Crippen LogP contribution in [0.2, 0.25) is 0 Å². The molecule has 0 radical (unpaired) electrons. The van der Waals surface area contributed by atoms with E-state index in [9.17, 15) is 8.42 Å². The fourth-order valence-electron chi connectivity index (χ4n) is 4.44. The van der Waals surface area contributed by atoms with Gasteiger partial charge in [0.15, 0.2) is 11.5 Å². The van der Waals surface area contributed by atoms with Crippen LogP contribution in [0.25, 0.3) is 0 Å². The number of nitrogens with two attached hydrogens (primary N) is 1. The highest BCUT2D eigenvalue weighted by Crippen LogP contribution is 2.30.